The summed E-state index contributed by atoms with van der Waals surface area (Å²) in [4.78, 5) is 28.6. The van der Waals surface area contributed by atoms with Crippen LogP contribution in [0.1, 0.15) is 12.8 Å². The van der Waals surface area contributed by atoms with E-state index in [0.717, 1.165) is 13.0 Å². The Labute approximate surface area is 158 Å². The number of ether oxygens (including phenoxy) is 1. The van der Waals surface area contributed by atoms with Crippen LogP contribution in [0.3, 0.4) is 0 Å². The van der Waals surface area contributed by atoms with Gasteiger partial charge in [-0.25, -0.2) is 0 Å². The quantitative estimate of drug-likeness (QED) is 0.855. The van der Waals surface area contributed by atoms with Crippen LogP contribution in [-0.4, -0.2) is 50.0 Å². The minimum atomic E-state index is -0.322. The molecule has 0 aliphatic carbocycles. The van der Waals surface area contributed by atoms with Crippen molar-refractivity contribution in [2.75, 3.05) is 38.2 Å². The lowest BCUT2D eigenvalue weighted by Crippen LogP contribution is -2.36. The van der Waals surface area contributed by atoms with E-state index in [1.807, 2.05) is 4.90 Å². The van der Waals surface area contributed by atoms with E-state index >= 15 is 0 Å². The number of hydrogen-bond donors (Lipinski definition) is 1. The van der Waals surface area contributed by atoms with Gasteiger partial charge in [0.15, 0.2) is 0 Å². The smallest absolute Gasteiger partial charge is 0.228 e. The Morgan fingerprint density at radius 2 is 2.16 bits per heavy atom. The molecule has 2 N–H and O–H groups in total. The number of likely N-dealkylation sites (tertiary alicyclic amines) is 1. The number of halogens is 2. The van der Waals surface area contributed by atoms with Crippen LogP contribution in [0.25, 0.3) is 0 Å². The summed E-state index contributed by atoms with van der Waals surface area (Å²) in [6.45, 7) is 2.38. The maximum absolute atomic E-state index is 12.7. The standard InChI is InChI=1S/C17H22ClN3O3.ClH/c1-24-15-3-2-13(18)7-14(15)21-10-12(6-16(21)22)17(23)20-5-4-11(8-19)9-20;/h2-3,7,11-12H,4-6,8-10,19H2,1H3;1H. The number of benzene rings is 1. The van der Waals surface area contributed by atoms with Crippen LogP contribution >= 0.6 is 24.0 Å². The Morgan fingerprint density at radius 1 is 1.40 bits per heavy atom. The van der Waals surface area contributed by atoms with Gasteiger partial charge in [0.25, 0.3) is 0 Å². The van der Waals surface area contributed by atoms with Crippen molar-refractivity contribution >= 4 is 41.5 Å². The molecule has 6 nitrogen and oxygen atoms in total. The Hall–Kier alpha value is -1.50. The lowest BCUT2D eigenvalue weighted by molar-refractivity contribution is -0.134. The van der Waals surface area contributed by atoms with Gasteiger partial charge in [0.1, 0.15) is 5.75 Å². The van der Waals surface area contributed by atoms with E-state index in [4.69, 9.17) is 22.1 Å². The van der Waals surface area contributed by atoms with E-state index in [2.05, 4.69) is 0 Å². The van der Waals surface area contributed by atoms with Crippen molar-refractivity contribution in [2.24, 2.45) is 17.6 Å². The number of methoxy groups -OCH3 is 1. The summed E-state index contributed by atoms with van der Waals surface area (Å²) in [7, 11) is 1.55. The number of anilines is 1. The van der Waals surface area contributed by atoms with Crippen molar-refractivity contribution < 1.29 is 14.3 Å². The largest absolute Gasteiger partial charge is 0.495 e. The molecule has 0 bridgehead atoms. The Balaban J connectivity index is 0.00000225. The van der Waals surface area contributed by atoms with Gasteiger partial charge in [-0.05, 0) is 37.1 Å². The van der Waals surface area contributed by atoms with E-state index < -0.39 is 0 Å². The van der Waals surface area contributed by atoms with Crippen LogP contribution < -0.4 is 15.4 Å². The third-order valence-electron chi connectivity index (χ3n) is 4.84. The number of rotatable bonds is 4. The second kappa shape index (κ2) is 8.25. The van der Waals surface area contributed by atoms with Gasteiger partial charge in [0, 0.05) is 31.1 Å². The van der Waals surface area contributed by atoms with Crippen molar-refractivity contribution in [3.63, 3.8) is 0 Å². The molecule has 2 saturated heterocycles. The molecule has 2 aliphatic rings. The minimum Gasteiger partial charge on any atom is -0.495 e. The molecule has 2 aliphatic heterocycles. The Morgan fingerprint density at radius 3 is 2.80 bits per heavy atom. The van der Waals surface area contributed by atoms with Crippen molar-refractivity contribution in [3.8, 4) is 5.75 Å². The maximum Gasteiger partial charge on any atom is 0.228 e. The average molecular weight is 388 g/mol. The topological polar surface area (TPSA) is 75.9 Å². The van der Waals surface area contributed by atoms with Crippen LogP contribution in [0.4, 0.5) is 5.69 Å². The number of carbonyl (C=O) groups is 2. The molecule has 2 amide bonds. The number of nitrogens with zero attached hydrogens (tertiary/aromatic N) is 2. The zero-order valence-corrected chi connectivity index (χ0v) is 15.7. The summed E-state index contributed by atoms with van der Waals surface area (Å²) >= 11 is 6.05. The fraction of sp³-hybridized carbons (Fsp3) is 0.529. The molecule has 1 aromatic rings. The summed E-state index contributed by atoms with van der Waals surface area (Å²) in [6.07, 6.45) is 1.16. The number of nitrogens with two attached hydrogens (primary N) is 1. The molecule has 0 radical (unpaired) electrons. The molecule has 2 fully saturated rings. The predicted octanol–water partition coefficient (Wildman–Crippen LogP) is 1.93. The second-order valence-corrected chi connectivity index (χ2v) is 6.83. The molecule has 2 heterocycles. The number of hydrogen-bond acceptors (Lipinski definition) is 4. The van der Waals surface area contributed by atoms with Crippen LogP contribution in [0.2, 0.25) is 5.02 Å². The van der Waals surface area contributed by atoms with E-state index in [-0.39, 0.29) is 36.6 Å². The Kier molecular flexibility index (Phi) is 6.54. The van der Waals surface area contributed by atoms with Crippen LogP contribution in [0.5, 0.6) is 5.75 Å². The predicted molar refractivity (Wildman–Crippen MR) is 99.5 cm³/mol. The first-order chi connectivity index (χ1) is 11.5. The fourth-order valence-electron chi connectivity index (χ4n) is 3.46. The molecule has 2 atom stereocenters. The first-order valence-corrected chi connectivity index (χ1v) is 8.54. The first kappa shape index (κ1) is 19.8. The molecular weight excluding hydrogens is 365 g/mol. The summed E-state index contributed by atoms with van der Waals surface area (Å²) in [5.41, 5.74) is 6.31. The van der Waals surface area contributed by atoms with Gasteiger partial charge < -0.3 is 20.3 Å². The van der Waals surface area contributed by atoms with Gasteiger partial charge in [-0.15, -0.1) is 12.4 Å². The third-order valence-corrected chi connectivity index (χ3v) is 5.07. The zero-order chi connectivity index (χ0) is 17.3. The molecule has 8 heteroatoms. The summed E-state index contributed by atoms with van der Waals surface area (Å²) in [5, 5.41) is 0.527. The molecule has 1 aromatic carbocycles. The van der Waals surface area contributed by atoms with E-state index in [1.54, 1.807) is 30.2 Å². The van der Waals surface area contributed by atoms with Gasteiger partial charge in [0.2, 0.25) is 11.8 Å². The van der Waals surface area contributed by atoms with Crippen LogP contribution in [-0.2, 0) is 9.59 Å². The molecule has 0 aromatic heterocycles. The molecular formula is C17H23Cl2N3O3. The number of amides is 2. The van der Waals surface area contributed by atoms with E-state index in [1.165, 1.54) is 0 Å². The highest BCUT2D eigenvalue weighted by Gasteiger charge is 2.39. The van der Waals surface area contributed by atoms with Crippen molar-refractivity contribution in [3.05, 3.63) is 23.2 Å². The summed E-state index contributed by atoms with van der Waals surface area (Å²) in [6, 6.07) is 5.14. The van der Waals surface area contributed by atoms with Gasteiger partial charge in [-0.3, -0.25) is 9.59 Å². The Bertz CT molecular complexity index is 656. The maximum atomic E-state index is 12.7. The molecule has 0 saturated carbocycles. The van der Waals surface area contributed by atoms with Gasteiger partial charge in [0.05, 0.1) is 18.7 Å². The molecule has 2 unspecified atom stereocenters. The first-order valence-electron chi connectivity index (χ1n) is 8.16. The molecule has 0 spiro atoms. The monoisotopic (exact) mass is 387 g/mol. The van der Waals surface area contributed by atoms with E-state index in [0.29, 0.717) is 42.0 Å². The van der Waals surface area contributed by atoms with Gasteiger partial charge in [-0.1, -0.05) is 11.6 Å². The average Bonchev–Trinajstić information content (AvgIpc) is 3.20. The third kappa shape index (κ3) is 4.02. The van der Waals surface area contributed by atoms with Crippen LogP contribution in [0, 0.1) is 11.8 Å². The molecule has 3 rings (SSSR count). The molecule has 25 heavy (non-hydrogen) atoms. The van der Waals surface area contributed by atoms with E-state index in [9.17, 15) is 9.59 Å². The van der Waals surface area contributed by atoms with Crippen molar-refractivity contribution in [2.45, 2.75) is 12.8 Å². The fourth-order valence-corrected chi connectivity index (χ4v) is 3.63. The lowest BCUT2D eigenvalue weighted by atomic mass is 10.1. The minimum absolute atomic E-state index is 0. The summed E-state index contributed by atoms with van der Waals surface area (Å²) < 4.78 is 5.32. The summed E-state index contributed by atoms with van der Waals surface area (Å²) in [5.74, 6) is 0.587. The van der Waals surface area contributed by atoms with Gasteiger partial charge >= 0.3 is 0 Å². The van der Waals surface area contributed by atoms with Gasteiger partial charge in [-0.2, -0.15) is 0 Å². The normalized spacial score (nSPS) is 22.9. The highest BCUT2D eigenvalue weighted by Crippen LogP contribution is 2.36. The van der Waals surface area contributed by atoms with Crippen molar-refractivity contribution in [1.29, 1.82) is 0 Å². The van der Waals surface area contributed by atoms with Crippen LogP contribution in [0.15, 0.2) is 18.2 Å². The second-order valence-electron chi connectivity index (χ2n) is 6.40. The highest BCUT2D eigenvalue weighted by molar-refractivity contribution is 6.31. The molecule has 138 valence electrons. The van der Waals surface area contributed by atoms with Crippen molar-refractivity contribution in [1.82, 2.24) is 4.90 Å². The SMILES string of the molecule is COc1ccc(Cl)cc1N1CC(C(=O)N2CCC(CN)C2)CC1=O.Cl. The zero-order valence-electron chi connectivity index (χ0n) is 14.1. The highest BCUT2D eigenvalue weighted by atomic mass is 35.5. The lowest BCUT2D eigenvalue weighted by Gasteiger charge is -2.22. The number of carbonyl (C=O) groups excluding carboxylic acids is 2.